The van der Waals surface area contributed by atoms with Crippen LogP contribution < -0.4 is 10.1 Å². The summed E-state index contributed by atoms with van der Waals surface area (Å²) < 4.78 is 10.9. The zero-order valence-corrected chi connectivity index (χ0v) is 12.8. The molecule has 0 radical (unpaired) electrons. The molecular formula is C11H14BrClN2O3. The van der Waals surface area contributed by atoms with Gasteiger partial charge in [-0.2, -0.15) is 0 Å². The summed E-state index contributed by atoms with van der Waals surface area (Å²) in [6.07, 6.45) is 0.865. The molecule has 0 atom stereocenters. The number of aromatic nitrogens is 1. The lowest BCUT2D eigenvalue weighted by Crippen LogP contribution is -2.27. The van der Waals surface area contributed by atoms with E-state index in [4.69, 9.17) is 21.1 Å². The van der Waals surface area contributed by atoms with Gasteiger partial charge in [0.05, 0.1) is 11.6 Å². The van der Waals surface area contributed by atoms with Crippen LogP contribution in [-0.2, 0) is 4.74 Å². The maximum Gasteiger partial charge on any atom is 0.412 e. The molecule has 18 heavy (non-hydrogen) atoms. The van der Waals surface area contributed by atoms with E-state index >= 15 is 0 Å². The summed E-state index contributed by atoms with van der Waals surface area (Å²) in [5.41, 5.74) is -0.328. The van der Waals surface area contributed by atoms with Crippen molar-refractivity contribution in [3.8, 4) is 5.75 Å². The number of halogens is 2. The molecule has 1 aromatic heterocycles. The molecule has 0 aliphatic rings. The highest BCUT2D eigenvalue weighted by Crippen LogP contribution is 2.37. The van der Waals surface area contributed by atoms with Gasteiger partial charge in [0.2, 0.25) is 0 Å². The monoisotopic (exact) mass is 336 g/mol. The van der Waals surface area contributed by atoms with Gasteiger partial charge in [-0.1, -0.05) is 11.6 Å². The van der Waals surface area contributed by atoms with Crippen LogP contribution in [0.25, 0.3) is 0 Å². The van der Waals surface area contributed by atoms with Crippen molar-refractivity contribution in [2.24, 2.45) is 0 Å². The van der Waals surface area contributed by atoms with Crippen LogP contribution in [0.3, 0.4) is 0 Å². The van der Waals surface area contributed by atoms with Crippen LogP contribution in [0.15, 0.2) is 10.7 Å². The quantitative estimate of drug-likeness (QED) is 0.833. The summed E-state index contributed by atoms with van der Waals surface area (Å²) in [5.74, 6) is 0.390. The lowest BCUT2D eigenvalue weighted by atomic mass is 10.2. The molecule has 0 unspecified atom stereocenters. The first-order valence-electron chi connectivity index (χ1n) is 5.12. The fourth-order valence-corrected chi connectivity index (χ4v) is 1.81. The van der Waals surface area contributed by atoms with Gasteiger partial charge in [-0.25, -0.2) is 9.78 Å². The van der Waals surface area contributed by atoms with Gasteiger partial charge in [0, 0.05) is 6.20 Å². The van der Waals surface area contributed by atoms with E-state index < -0.39 is 11.7 Å². The number of hydrogen-bond donors (Lipinski definition) is 1. The molecule has 1 N–H and O–H groups in total. The number of ether oxygens (including phenoxy) is 2. The van der Waals surface area contributed by atoms with E-state index in [1.54, 1.807) is 20.8 Å². The van der Waals surface area contributed by atoms with Gasteiger partial charge in [0.1, 0.15) is 11.3 Å². The van der Waals surface area contributed by atoms with E-state index in [1.807, 2.05) is 0 Å². The van der Waals surface area contributed by atoms with Crippen molar-refractivity contribution in [2.45, 2.75) is 26.4 Å². The number of carbonyl (C=O) groups excluding carboxylic acids is 1. The van der Waals surface area contributed by atoms with E-state index in [0.717, 1.165) is 0 Å². The summed E-state index contributed by atoms with van der Waals surface area (Å²) >= 11 is 9.17. The van der Waals surface area contributed by atoms with E-state index in [1.165, 1.54) is 13.3 Å². The third-order valence-corrected chi connectivity index (χ3v) is 2.62. The average Bonchev–Trinajstić information content (AvgIpc) is 2.21. The minimum absolute atomic E-state index is 0.126. The molecule has 7 heteroatoms. The maximum atomic E-state index is 11.7. The summed E-state index contributed by atoms with van der Waals surface area (Å²) in [4.78, 5) is 15.6. The smallest absolute Gasteiger partial charge is 0.412 e. The Morgan fingerprint density at radius 2 is 2.11 bits per heavy atom. The Kier molecular flexibility index (Phi) is 4.81. The Balaban J connectivity index is 2.97. The molecule has 0 saturated carbocycles. The van der Waals surface area contributed by atoms with Gasteiger partial charge in [-0.05, 0) is 36.7 Å². The second-order valence-electron chi connectivity index (χ2n) is 4.43. The highest BCUT2D eigenvalue weighted by molar-refractivity contribution is 9.10. The average molecular weight is 338 g/mol. The molecule has 0 saturated heterocycles. The van der Waals surface area contributed by atoms with Crippen molar-refractivity contribution in [1.29, 1.82) is 0 Å². The molecule has 1 rings (SSSR count). The molecule has 1 heterocycles. The molecule has 0 bridgehead atoms. The largest absolute Gasteiger partial charge is 0.493 e. The zero-order chi connectivity index (χ0) is 13.9. The number of pyridine rings is 1. The molecule has 5 nitrogen and oxygen atoms in total. The molecule has 100 valence electrons. The van der Waals surface area contributed by atoms with Gasteiger partial charge >= 0.3 is 6.09 Å². The molecule has 0 aromatic carbocycles. The van der Waals surface area contributed by atoms with Crippen molar-refractivity contribution >= 4 is 39.3 Å². The Labute approximate surface area is 119 Å². The molecule has 0 fully saturated rings. The van der Waals surface area contributed by atoms with Gasteiger partial charge in [-0.15, -0.1) is 0 Å². The number of nitrogens with zero attached hydrogens (tertiary/aromatic N) is 1. The van der Waals surface area contributed by atoms with E-state index in [2.05, 4.69) is 26.2 Å². The number of amides is 1. The normalized spacial score (nSPS) is 11.0. The summed E-state index contributed by atoms with van der Waals surface area (Å²) in [5, 5.41) is 2.64. The third kappa shape index (κ3) is 4.03. The lowest BCUT2D eigenvalue weighted by Gasteiger charge is -2.20. The van der Waals surface area contributed by atoms with Crippen molar-refractivity contribution < 1.29 is 14.3 Å². The maximum absolute atomic E-state index is 11.7. The minimum atomic E-state index is -0.623. The van der Waals surface area contributed by atoms with Crippen LogP contribution in [-0.4, -0.2) is 23.8 Å². The van der Waals surface area contributed by atoms with Crippen LogP contribution in [0.5, 0.6) is 5.75 Å². The topological polar surface area (TPSA) is 60.5 Å². The molecule has 0 spiro atoms. The highest BCUT2D eigenvalue weighted by atomic mass is 79.9. The first-order valence-corrected chi connectivity index (χ1v) is 6.29. The minimum Gasteiger partial charge on any atom is -0.493 e. The van der Waals surface area contributed by atoms with E-state index in [9.17, 15) is 4.79 Å². The number of hydrogen-bond acceptors (Lipinski definition) is 4. The Morgan fingerprint density at radius 1 is 1.50 bits per heavy atom. The Hall–Kier alpha value is -1.01. The summed E-state index contributed by atoms with van der Waals surface area (Å²) in [6, 6.07) is 0. The number of methoxy groups -OCH3 is 1. The lowest BCUT2D eigenvalue weighted by molar-refractivity contribution is 0.0635. The summed E-state index contributed by atoms with van der Waals surface area (Å²) in [7, 11) is 1.47. The number of anilines is 1. The van der Waals surface area contributed by atoms with Gasteiger partial charge in [-0.3, -0.25) is 5.32 Å². The fourth-order valence-electron chi connectivity index (χ4n) is 1.16. The molecule has 0 aliphatic carbocycles. The third-order valence-electron chi connectivity index (χ3n) is 1.77. The Morgan fingerprint density at radius 3 is 2.61 bits per heavy atom. The molecular weight excluding hydrogens is 323 g/mol. The van der Waals surface area contributed by atoms with Crippen molar-refractivity contribution in [2.75, 3.05) is 12.4 Å². The van der Waals surface area contributed by atoms with Gasteiger partial charge < -0.3 is 9.47 Å². The van der Waals surface area contributed by atoms with Crippen molar-refractivity contribution in [3.63, 3.8) is 0 Å². The molecule has 0 aliphatic heterocycles. The van der Waals surface area contributed by atoms with Crippen LogP contribution in [0.2, 0.25) is 5.15 Å². The SMILES string of the molecule is COc1c(Br)cnc(Cl)c1NC(=O)OC(C)(C)C. The fraction of sp³-hybridized carbons (Fsp3) is 0.455. The van der Waals surface area contributed by atoms with Gasteiger partial charge in [0.15, 0.2) is 10.9 Å². The number of nitrogens with one attached hydrogen (secondary N) is 1. The standard InChI is InChI=1S/C11H14BrClN2O3/c1-11(2,3)18-10(16)15-7-8(17-4)6(12)5-14-9(7)13/h5H,1-4H3,(H,15,16). The van der Waals surface area contributed by atoms with Crippen LogP contribution in [0.4, 0.5) is 10.5 Å². The second kappa shape index (κ2) is 5.75. The van der Waals surface area contributed by atoms with Crippen LogP contribution in [0, 0.1) is 0 Å². The molecule has 1 amide bonds. The second-order valence-corrected chi connectivity index (χ2v) is 5.64. The van der Waals surface area contributed by atoms with E-state index in [0.29, 0.717) is 10.2 Å². The Bertz CT molecular complexity index is 460. The highest BCUT2D eigenvalue weighted by Gasteiger charge is 2.20. The molecule has 1 aromatic rings. The van der Waals surface area contributed by atoms with Crippen molar-refractivity contribution in [3.05, 3.63) is 15.8 Å². The summed E-state index contributed by atoms with van der Waals surface area (Å²) in [6.45, 7) is 5.31. The van der Waals surface area contributed by atoms with Crippen LogP contribution in [0.1, 0.15) is 20.8 Å². The van der Waals surface area contributed by atoms with Crippen molar-refractivity contribution in [1.82, 2.24) is 4.98 Å². The number of rotatable bonds is 2. The van der Waals surface area contributed by atoms with Crippen LogP contribution >= 0.6 is 27.5 Å². The predicted molar refractivity (Wildman–Crippen MR) is 73.4 cm³/mol. The first kappa shape index (κ1) is 15.0. The zero-order valence-electron chi connectivity index (χ0n) is 10.5. The first-order chi connectivity index (χ1) is 8.24. The number of carbonyl (C=O) groups is 1. The predicted octanol–water partition coefficient (Wildman–Crippen LogP) is 3.85. The van der Waals surface area contributed by atoms with Gasteiger partial charge in [0.25, 0.3) is 0 Å². The van der Waals surface area contributed by atoms with E-state index in [-0.39, 0.29) is 10.8 Å².